The van der Waals surface area contributed by atoms with Gasteiger partial charge in [0.1, 0.15) is 0 Å². The standard InChI is InChI=1S/C18H32N2/c1-16(2,3)15-10-13-14(19(15)9)11-20(17(4,5)6)12-18(13,7)8/h10H,11-12H2,1-9H3. The van der Waals surface area contributed by atoms with Crippen LogP contribution in [0.3, 0.4) is 0 Å². The topological polar surface area (TPSA) is 8.17 Å². The Morgan fingerprint density at radius 3 is 2.05 bits per heavy atom. The molecular weight excluding hydrogens is 244 g/mol. The lowest BCUT2D eigenvalue weighted by Crippen LogP contribution is -2.50. The summed E-state index contributed by atoms with van der Waals surface area (Å²) in [7, 11) is 2.24. The van der Waals surface area contributed by atoms with Gasteiger partial charge >= 0.3 is 0 Å². The molecule has 20 heavy (non-hydrogen) atoms. The van der Waals surface area contributed by atoms with E-state index in [4.69, 9.17) is 0 Å². The molecule has 0 aromatic carbocycles. The van der Waals surface area contributed by atoms with Gasteiger partial charge in [0.2, 0.25) is 0 Å². The van der Waals surface area contributed by atoms with Crippen LogP contribution < -0.4 is 0 Å². The van der Waals surface area contributed by atoms with Crippen LogP contribution in [-0.4, -0.2) is 21.6 Å². The number of nitrogens with zero attached hydrogens (tertiary/aromatic N) is 2. The lowest BCUT2D eigenvalue weighted by Gasteiger charge is -2.45. The third-order valence-corrected chi connectivity index (χ3v) is 4.73. The zero-order valence-corrected chi connectivity index (χ0v) is 14.9. The lowest BCUT2D eigenvalue weighted by molar-refractivity contribution is 0.0841. The molecule has 0 atom stereocenters. The Hall–Kier alpha value is -0.760. The maximum absolute atomic E-state index is 2.61. The fourth-order valence-electron chi connectivity index (χ4n) is 3.41. The fraction of sp³-hybridized carbons (Fsp3) is 0.778. The first-order valence-corrected chi connectivity index (χ1v) is 7.78. The van der Waals surface area contributed by atoms with E-state index in [2.05, 4.69) is 78.0 Å². The predicted molar refractivity (Wildman–Crippen MR) is 87.3 cm³/mol. The van der Waals surface area contributed by atoms with Gasteiger partial charge in [0.05, 0.1) is 0 Å². The van der Waals surface area contributed by atoms with Crippen LogP contribution in [0.5, 0.6) is 0 Å². The molecule has 0 N–H and O–H groups in total. The molecule has 1 aromatic heterocycles. The lowest BCUT2D eigenvalue weighted by atomic mass is 9.79. The summed E-state index contributed by atoms with van der Waals surface area (Å²) in [5.74, 6) is 0. The summed E-state index contributed by atoms with van der Waals surface area (Å²) in [6, 6.07) is 2.45. The van der Waals surface area contributed by atoms with E-state index in [0.29, 0.717) is 0 Å². The molecule has 0 amide bonds. The number of fused-ring (bicyclic) bond motifs is 1. The zero-order valence-electron chi connectivity index (χ0n) is 14.9. The third-order valence-electron chi connectivity index (χ3n) is 4.73. The first-order valence-electron chi connectivity index (χ1n) is 7.78. The van der Waals surface area contributed by atoms with Crippen molar-refractivity contribution in [2.45, 2.75) is 78.3 Å². The molecule has 0 saturated heterocycles. The number of hydrogen-bond donors (Lipinski definition) is 0. The Kier molecular flexibility index (Phi) is 3.41. The Morgan fingerprint density at radius 2 is 1.60 bits per heavy atom. The summed E-state index contributed by atoms with van der Waals surface area (Å²) in [6.07, 6.45) is 0. The summed E-state index contributed by atoms with van der Waals surface area (Å²) in [6.45, 7) is 20.9. The van der Waals surface area contributed by atoms with Crippen LogP contribution >= 0.6 is 0 Å². The second-order valence-corrected chi connectivity index (χ2v) is 9.11. The van der Waals surface area contributed by atoms with Gasteiger partial charge in [-0.2, -0.15) is 0 Å². The van der Waals surface area contributed by atoms with E-state index in [0.717, 1.165) is 13.1 Å². The van der Waals surface area contributed by atoms with Crippen molar-refractivity contribution < 1.29 is 0 Å². The quantitative estimate of drug-likeness (QED) is 0.689. The Balaban J connectivity index is 2.55. The van der Waals surface area contributed by atoms with E-state index >= 15 is 0 Å². The molecule has 1 aliphatic rings. The molecule has 2 nitrogen and oxygen atoms in total. The van der Waals surface area contributed by atoms with Gasteiger partial charge in [-0.05, 0) is 32.4 Å². The van der Waals surface area contributed by atoms with Gasteiger partial charge in [-0.3, -0.25) is 4.90 Å². The van der Waals surface area contributed by atoms with E-state index in [1.165, 1.54) is 11.4 Å². The second-order valence-electron chi connectivity index (χ2n) is 9.11. The molecule has 1 aliphatic heterocycles. The smallest absolute Gasteiger partial charge is 0.0395 e. The number of aromatic nitrogens is 1. The fourth-order valence-corrected chi connectivity index (χ4v) is 3.41. The highest BCUT2D eigenvalue weighted by Crippen LogP contribution is 2.40. The monoisotopic (exact) mass is 276 g/mol. The molecule has 0 aliphatic carbocycles. The van der Waals surface area contributed by atoms with E-state index in [1.807, 2.05) is 0 Å². The van der Waals surface area contributed by atoms with Crippen LogP contribution in [0.15, 0.2) is 6.07 Å². The Labute approximate surface area is 125 Å². The highest BCUT2D eigenvalue weighted by molar-refractivity contribution is 5.39. The van der Waals surface area contributed by atoms with Crippen molar-refractivity contribution in [3.63, 3.8) is 0 Å². The minimum absolute atomic E-state index is 0.203. The van der Waals surface area contributed by atoms with Crippen molar-refractivity contribution in [3.05, 3.63) is 23.0 Å². The molecule has 0 bridgehead atoms. The second kappa shape index (κ2) is 4.37. The average molecular weight is 276 g/mol. The SMILES string of the molecule is Cn1c(C(C)(C)C)cc2c1CN(C(C)(C)C)CC2(C)C. The molecule has 2 rings (SSSR count). The average Bonchev–Trinajstić information content (AvgIpc) is 2.54. The van der Waals surface area contributed by atoms with Gasteiger partial charge in [0.25, 0.3) is 0 Å². The Bertz CT molecular complexity index is 507. The van der Waals surface area contributed by atoms with Crippen molar-refractivity contribution in [2.75, 3.05) is 6.54 Å². The summed E-state index contributed by atoms with van der Waals surface area (Å²) in [5, 5.41) is 0. The van der Waals surface area contributed by atoms with Crippen LogP contribution in [-0.2, 0) is 24.4 Å². The van der Waals surface area contributed by atoms with Crippen molar-refractivity contribution in [2.24, 2.45) is 7.05 Å². The molecular formula is C18H32N2. The zero-order chi connectivity index (χ0) is 15.5. The van der Waals surface area contributed by atoms with Crippen LogP contribution in [0, 0.1) is 0 Å². The first kappa shape index (κ1) is 15.6. The largest absolute Gasteiger partial charge is 0.350 e. The molecule has 0 unspecified atom stereocenters. The molecule has 114 valence electrons. The van der Waals surface area contributed by atoms with Gasteiger partial charge in [0, 0.05) is 47.9 Å². The molecule has 1 aromatic rings. The number of hydrogen-bond acceptors (Lipinski definition) is 1. The first-order chi connectivity index (χ1) is 8.84. The minimum Gasteiger partial charge on any atom is -0.350 e. The third kappa shape index (κ3) is 2.55. The van der Waals surface area contributed by atoms with Gasteiger partial charge in [0.15, 0.2) is 0 Å². The molecule has 2 heterocycles. The molecule has 0 fully saturated rings. The van der Waals surface area contributed by atoms with Crippen molar-refractivity contribution in [1.29, 1.82) is 0 Å². The van der Waals surface area contributed by atoms with Gasteiger partial charge in [-0.1, -0.05) is 34.6 Å². The van der Waals surface area contributed by atoms with E-state index in [9.17, 15) is 0 Å². The Morgan fingerprint density at radius 1 is 1.05 bits per heavy atom. The van der Waals surface area contributed by atoms with Crippen LogP contribution in [0.4, 0.5) is 0 Å². The summed E-state index contributed by atoms with van der Waals surface area (Å²) < 4.78 is 2.44. The highest BCUT2D eigenvalue weighted by Gasteiger charge is 2.39. The van der Waals surface area contributed by atoms with Crippen LogP contribution in [0.25, 0.3) is 0 Å². The van der Waals surface area contributed by atoms with E-state index < -0.39 is 0 Å². The molecule has 0 radical (unpaired) electrons. The van der Waals surface area contributed by atoms with Gasteiger partial charge in [-0.25, -0.2) is 0 Å². The van der Waals surface area contributed by atoms with Gasteiger partial charge in [-0.15, -0.1) is 0 Å². The van der Waals surface area contributed by atoms with Crippen molar-refractivity contribution >= 4 is 0 Å². The van der Waals surface area contributed by atoms with E-state index in [1.54, 1.807) is 5.56 Å². The summed E-state index contributed by atoms with van der Waals surface area (Å²) in [5.41, 5.74) is 5.15. The predicted octanol–water partition coefficient (Wildman–Crippen LogP) is 4.21. The van der Waals surface area contributed by atoms with Crippen LogP contribution in [0.1, 0.15) is 72.3 Å². The molecule has 0 spiro atoms. The van der Waals surface area contributed by atoms with Crippen molar-refractivity contribution in [1.82, 2.24) is 9.47 Å². The van der Waals surface area contributed by atoms with Gasteiger partial charge < -0.3 is 4.57 Å². The van der Waals surface area contributed by atoms with Crippen LogP contribution in [0.2, 0.25) is 0 Å². The number of rotatable bonds is 0. The maximum Gasteiger partial charge on any atom is 0.0395 e. The van der Waals surface area contributed by atoms with E-state index in [-0.39, 0.29) is 16.4 Å². The van der Waals surface area contributed by atoms with Crippen molar-refractivity contribution in [3.8, 4) is 0 Å². The normalized spacial score (nSPS) is 20.1. The maximum atomic E-state index is 2.61. The summed E-state index contributed by atoms with van der Waals surface area (Å²) in [4.78, 5) is 2.61. The minimum atomic E-state index is 0.203. The highest BCUT2D eigenvalue weighted by atomic mass is 15.2. The molecule has 2 heteroatoms. The molecule has 0 saturated carbocycles. The summed E-state index contributed by atoms with van der Waals surface area (Å²) >= 11 is 0.